The highest BCUT2D eigenvalue weighted by Crippen LogP contribution is 2.10. The molecule has 0 bridgehead atoms. The first-order valence-corrected chi connectivity index (χ1v) is 4.56. The van der Waals surface area contributed by atoms with E-state index in [0.717, 1.165) is 12.3 Å². The Morgan fingerprint density at radius 1 is 1.39 bits per heavy atom. The maximum Gasteiger partial charge on any atom is 0.328 e. The molecule has 1 aromatic rings. The van der Waals surface area contributed by atoms with Gasteiger partial charge >= 0.3 is 5.97 Å². The molecule has 0 saturated heterocycles. The Labute approximate surface area is 100 Å². The van der Waals surface area contributed by atoms with Crippen LogP contribution in [0.5, 0.6) is 0 Å². The summed E-state index contributed by atoms with van der Waals surface area (Å²) >= 11 is 0. The second-order valence-electron chi connectivity index (χ2n) is 2.94. The number of pyridine rings is 1. The molecule has 0 aliphatic rings. The van der Waals surface area contributed by atoms with Crippen LogP contribution in [0.25, 0.3) is 0 Å². The third-order valence-corrected chi connectivity index (χ3v) is 1.65. The first-order chi connectivity index (χ1) is 8.49. The quantitative estimate of drug-likeness (QED) is 0.383. The molecule has 0 unspecified atom stereocenters. The number of anilines is 1. The van der Waals surface area contributed by atoms with E-state index in [1.807, 2.05) is 0 Å². The van der Waals surface area contributed by atoms with Crippen LogP contribution < -0.4 is 10.9 Å². The van der Waals surface area contributed by atoms with E-state index in [1.54, 1.807) is 0 Å². The number of aliphatic carboxylic acids is 1. The zero-order chi connectivity index (χ0) is 13.5. The maximum absolute atomic E-state index is 11.0. The van der Waals surface area contributed by atoms with E-state index in [2.05, 4.69) is 15.8 Å². The minimum absolute atomic E-state index is 0.178. The Bertz CT molecular complexity index is 496. The highest BCUT2D eigenvalue weighted by atomic mass is 16.6. The van der Waals surface area contributed by atoms with E-state index in [-0.39, 0.29) is 11.5 Å². The summed E-state index contributed by atoms with van der Waals surface area (Å²) in [5.41, 5.74) is 4.31. The number of aromatic nitrogens is 1. The fourth-order valence-corrected chi connectivity index (χ4v) is 0.882. The molecule has 1 amide bonds. The van der Waals surface area contributed by atoms with Crippen molar-refractivity contribution in [2.45, 2.75) is 0 Å². The molecule has 1 rings (SSSR count). The van der Waals surface area contributed by atoms with Crippen LogP contribution in [0.1, 0.15) is 0 Å². The van der Waals surface area contributed by atoms with Crippen molar-refractivity contribution in [2.24, 2.45) is 0 Å². The summed E-state index contributed by atoms with van der Waals surface area (Å²) in [5.74, 6) is -1.77. The van der Waals surface area contributed by atoms with Gasteiger partial charge in [-0.1, -0.05) is 0 Å². The molecule has 1 heterocycles. The highest BCUT2D eigenvalue weighted by Gasteiger charge is 2.05. The summed E-state index contributed by atoms with van der Waals surface area (Å²) in [6, 6.07) is 2.49. The summed E-state index contributed by atoms with van der Waals surface area (Å²) in [6.45, 7) is 0. The van der Waals surface area contributed by atoms with Gasteiger partial charge in [-0.2, -0.15) is 0 Å². The summed E-state index contributed by atoms with van der Waals surface area (Å²) in [4.78, 5) is 34.5. The molecule has 9 heteroatoms. The van der Waals surface area contributed by atoms with E-state index in [0.29, 0.717) is 6.08 Å². The molecule has 3 N–H and O–H groups in total. The molecule has 0 saturated carbocycles. The van der Waals surface area contributed by atoms with Gasteiger partial charge in [0, 0.05) is 18.2 Å². The molecule has 0 fully saturated rings. The normalized spacial score (nSPS) is 10.0. The lowest BCUT2D eigenvalue weighted by Crippen LogP contribution is -2.28. The van der Waals surface area contributed by atoms with Crippen LogP contribution in [-0.2, 0) is 9.59 Å². The first-order valence-electron chi connectivity index (χ1n) is 4.56. The van der Waals surface area contributed by atoms with Crippen molar-refractivity contribution in [1.82, 2.24) is 10.4 Å². The average molecular weight is 252 g/mol. The molecule has 0 aliphatic carbocycles. The number of carboxylic acid groups (broad SMARTS) is 1. The number of carboxylic acids is 1. The van der Waals surface area contributed by atoms with Crippen molar-refractivity contribution in [2.75, 3.05) is 5.43 Å². The van der Waals surface area contributed by atoms with Gasteiger partial charge in [0.1, 0.15) is 12.0 Å². The van der Waals surface area contributed by atoms with Gasteiger partial charge in [-0.05, 0) is 6.07 Å². The molecule has 0 radical (unpaired) electrons. The molecule has 18 heavy (non-hydrogen) atoms. The average Bonchev–Trinajstić information content (AvgIpc) is 2.34. The van der Waals surface area contributed by atoms with Crippen LogP contribution in [0.4, 0.5) is 11.5 Å². The predicted molar refractivity (Wildman–Crippen MR) is 59.4 cm³/mol. The molecule has 1 aromatic heterocycles. The lowest BCUT2D eigenvalue weighted by atomic mass is 10.4. The minimum atomic E-state index is -1.25. The van der Waals surface area contributed by atoms with Gasteiger partial charge in [0.25, 0.3) is 11.6 Å². The number of rotatable bonds is 5. The molecule has 0 atom stereocenters. The second kappa shape index (κ2) is 5.94. The van der Waals surface area contributed by atoms with Gasteiger partial charge in [-0.3, -0.25) is 25.8 Å². The van der Waals surface area contributed by atoms with Gasteiger partial charge in [-0.25, -0.2) is 9.78 Å². The zero-order valence-electron chi connectivity index (χ0n) is 8.86. The summed E-state index contributed by atoms with van der Waals surface area (Å²) in [6.07, 6.45) is 2.49. The summed E-state index contributed by atoms with van der Waals surface area (Å²) in [5, 5.41) is 18.6. The third-order valence-electron chi connectivity index (χ3n) is 1.65. The molecular weight excluding hydrogens is 244 g/mol. The Morgan fingerprint density at radius 2 is 2.11 bits per heavy atom. The highest BCUT2D eigenvalue weighted by molar-refractivity contribution is 5.94. The number of nitrogens with one attached hydrogen (secondary N) is 2. The Hall–Kier alpha value is -2.97. The van der Waals surface area contributed by atoms with E-state index in [1.165, 1.54) is 12.1 Å². The fraction of sp³-hybridized carbons (Fsp3) is 0. The molecular formula is C9H8N4O5. The second-order valence-corrected chi connectivity index (χ2v) is 2.94. The summed E-state index contributed by atoms with van der Waals surface area (Å²) in [7, 11) is 0. The largest absolute Gasteiger partial charge is 0.478 e. The number of hydrogen-bond acceptors (Lipinski definition) is 6. The van der Waals surface area contributed by atoms with Crippen LogP contribution in [0.15, 0.2) is 30.5 Å². The van der Waals surface area contributed by atoms with Gasteiger partial charge < -0.3 is 5.11 Å². The van der Waals surface area contributed by atoms with Crippen molar-refractivity contribution in [3.05, 3.63) is 40.6 Å². The molecule has 0 aliphatic heterocycles. The van der Waals surface area contributed by atoms with Crippen molar-refractivity contribution >= 4 is 23.4 Å². The zero-order valence-corrected chi connectivity index (χ0v) is 8.86. The number of hydrazine groups is 1. The number of carbonyl (C=O) groups is 2. The first kappa shape index (κ1) is 13.1. The SMILES string of the molecule is O=C(O)/C=C/C(=O)NNc1ccc([N+](=O)[O-])cn1. The van der Waals surface area contributed by atoms with Crippen molar-refractivity contribution in [3.8, 4) is 0 Å². The lowest BCUT2D eigenvalue weighted by molar-refractivity contribution is -0.385. The molecule has 9 nitrogen and oxygen atoms in total. The number of hydrogen-bond donors (Lipinski definition) is 3. The van der Waals surface area contributed by atoms with E-state index < -0.39 is 16.8 Å². The lowest BCUT2D eigenvalue weighted by Gasteiger charge is -2.04. The van der Waals surface area contributed by atoms with Gasteiger partial charge in [-0.15, -0.1) is 0 Å². The van der Waals surface area contributed by atoms with Crippen LogP contribution in [0.3, 0.4) is 0 Å². The van der Waals surface area contributed by atoms with Crippen LogP contribution in [0, 0.1) is 10.1 Å². The Kier molecular flexibility index (Phi) is 4.32. The number of amides is 1. The van der Waals surface area contributed by atoms with E-state index in [4.69, 9.17) is 5.11 Å². The molecule has 94 valence electrons. The van der Waals surface area contributed by atoms with Crippen LogP contribution in [-0.4, -0.2) is 26.9 Å². The van der Waals surface area contributed by atoms with Crippen molar-refractivity contribution in [1.29, 1.82) is 0 Å². The minimum Gasteiger partial charge on any atom is -0.478 e. The van der Waals surface area contributed by atoms with Gasteiger partial charge in [0.05, 0.1) is 4.92 Å². The fourth-order valence-electron chi connectivity index (χ4n) is 0.882. The van der Waals surface area contributed by atoms with Crippen LogP contribution in [0.2, 0.25) is 0 Å². The Balaban J connectivity index is 2.51. The molecule has 0 spiro atoms. The maximum atomic E-state index is 11.0. The van der Waals surface area contributed by atoms with Crippen molar-refractivity contribution < 1.29 is 19.6 Å². The number of carbonyl (C=O) groups excluding carboxylic acids is 1. The van der Waals surface area contributed by atoms with E-state index >= 15 is 0 Å². The number of nitrogens with zero attached hydrogens (tertiary/aromatic N) is 2. The standard InChI is InChI=1S/C9H8N4O5/c14-8(3-4-9(15)16)12-11-7-2-1-6(5-10-7)13(17)18/h1-5H,(H,10,11)(H,12,14)(H,15,16)/b4-3+. The number of nitro groups is 1. The summed E-state index contributed by atoms with van der Waals surface area (Å²) < 4.78 is 0. The van der Waals surface area contributed by atoms with E-state index in [9.17, 15) is 19.7 Å². The smallest absolute Gasteiger partial charge is 0.328 e. The Morgan fingerprint density at radius 3 is 2.61 bits per heavy atom. The topological polar surface area (TPSA) is 134 Å². The third kappa shape index (κ3) is 4.26. The van der Waals surface area contributed by atoms with Gasteiger partial charge in [0.15, 0.2) is 0 Å². The predicted octanol–water partition coefficient (Wildman–Crippen LogP) is 0.0737. The van der Waals surface area contributed by atoms with Gasteiger partial charge in [0.2, 0.25) is 0 Å². The monoisotopic (exact) mass is 252 g/mol. The van der Waals surface area contributed by atoms with Crippen LogP contribution >= 0.6 is 0 Å². The molecule has 0 aromatic carbocycles. The van der Waals surface area contributed by atoms with Crippen molar-refractivity contribution in [3.63, 3.8) is 0 Å².